The topological polar surface area (TPSA) is 49.4 Å². The molecule has 0 aromatic heterocycles. The van der Waals surface area contributed by atoms with Crippen LogP contribution >= 0.6 is 0 Å². The largest absolute Gasteiger partial charge is 0.342 e. The Morgan fingerprint density at radius 2 is 2.05 bits per heavy atom. The maximum Gasteiger partial charge on any atom is 0.245 e. The minimum absolute atomic E-state index is 0.00898. The van der Waals surface area contributed by atoms with Crippen LogP contribution in [0.5, 0.6) is 0 Å². The van der Waals surface area contributed by atoms with Gasteiger partial charge >= 0.3 is 0 Å². The number of piperazine rings is 1. The van der Waals surface area contributed by atoms with Gasteiger partial charge in [0.05, 0.1) is 6.54 Å². The quantitative estimate of drug-likeness (QED) is 0.805. The summed E-state index contributed by atoms with van der Waals surface area (Å²) >= 11 is 0. The first-order valence-electron chi connectivity index (χ1n) is 6.43. The molecule has 1 heterocycles. The standard InChI is InChI=1S/C15H18N2O2/c1-2-3-9-17-11-14(18)16-13(15(17)19)10-12-7-5-4-6-8-12/h2,4-8,13H,1,3,9-11H2,(H,16,18). The van der Waals surface area contributed by atoms with E-state index in [-0.39, 0.29) is 18.4 Å². The second-order valence-electron chi connectivity index (χ2n) is 4.65. The van der Waals surface area contributed by atoms with Crippen LogP contribution in [0, 0.1) is 0 Å². The molecule has 1 unspecified atom stereocenters. The van der Waals surface area contributed by atoms with Crippen LogP contribution in [-0.4, -0.2) is 35.8 Å². The number of hydrogen-bond acceptors (Lipinski definition) is 2. The molecule has 1 aliphatic heterocycles. The summed E-state index contributed by atoms with van der Waals surface area (Å²) in [6.07, 6.45) is 3.00. The predicted molar refractivity (Wildman–Crippen MR) is 73.5 cm³/mol. The molecule has 2 rings (SSSR count). The van der Waals surface area contributed by atoms with E-state index in [1.165, 1.54) is 0 Å². The highest BCUT2D eigenvalue weighted by Crippen LogP contribution is 2.10. The fraction of sp³-hybridized carbons (Fsp3) is 0.333. The fourth-order valence-electron chi connectivity index (χ4n) is 2.20. The van der Waals surface area contributed by atoms with E-state index in [1.807, 2.05) is 30.3 Å². The van der Waals surface area contributed by atoms with Crippen molar-refractivity contribution in [3.8, 4) is 0 Å². The first-order chi connectivity index (χ1) is 9.20. The SMILES string of the molecule is C=CCCN1CC(=O)NC(Cc2ccccc2)C1=O. The van der Waals surface area contributed by atoms with Crippen molar-refractivity contribution in [3.05, 3.63) is 48.6 Å². The first kappa shape index (κ1) is 13.3. The van der Waals surface area contributed by atoms with Crippen LogP contribution in [0.2, 0.25) is 0 Å². The van der Waals surface area contributed by atoms with Gasteiger partial charge in [0.15, 0.2) is 0 Å². The molecule has 4 nitrogen and oxygen atoms in total. The lowest BCUT2D eigenvalue weighted by molar-refractivity contribution is -0.144. The number of nitrogens with zero attached hydrogens (tertiary/aromatic N) is 1. The molecule has 2 amide bonds. The van der Waals surface area contributed by atoms with Crippen molar-refractivity contribution in [2.75, 3.05) is 13.1 Å². The lowest BCUT2D eigenvalue weighted by Gasteiger charge is -2.32. The Bertz CT molecular complexity index is 470. The van der Waals surface area contributed by atoms with Crippen LogP contribution in [0.25, 0.3) is 0 Å². The molecule has 1 fully saturated rings. The highest BCUT2D eigenvalue weighted by atomic mass is 16.2. The number of benzene rings is 1. The maximum atomic E-state index is 12.3. The summed E-state index contributed by atoms with van der Waals surface area (Å²) in [6, 6.07) is 9.26. The lowest BCUT2D eigenvalue weighted by atomic mass is 10.0. The molecule has 0 aliphatic carbocycles. The second kappa shape index (κ2) is 6.18. The smallest absolute Gasteiger partial charge is 0.245 e. The summed E-state index contributed by atoms with van der Waals surface area (Å²) < 4.78 is 0. The van der Waals surface area contributed by atoms with Gasteiger partial charge in [-0.05, 0) is 12.0 Å². The monoisotopic (exact) mass is 258 g/mol. The van der Waals surface area contributed by atoms with Gasteiger partial charge in [0, 0.05) is 13.0 Å². The van der Waals surface area contributed by atoms with E-state index < -0.39 is 6.04 Å². The molecule has 0 radical (unpaired) electrons. The molecule has 19 heavy (non-hydrogen) atoms. The summed E-state index contributed by atoms with van der Waals surface area (Å²) in [7, 11) is 0. The van der Waals surface area contributed by atoms with Gasteiger partial charge in [0.2, 0.25) is 11.8 Å². The number of carbonyl (C=O) groups excluding carboxylic acids is 2. The minimum Gasteiger partial charge on any atom is -0.342 e. The molecule has 4 heteroatoms. The first-order valence-corrected chi connectivity index (χ1v) is 6.43. The van der Waals surface area contributed by atoms with Crippen molar-refractivity contribution in [1.82, 2.24) is 10.2 Å². The second-order valence-corrected chi connectivity index (χ2v) is 4.65. The van der Waals surface area contributed by atoms with Gasteiger partial charge in [-0.1, -0.05) is 36.4 Å². The maximum absolute atomic E-state index is 12.3. The highest BCUT2D eigenvalue weighted by Gasteiger charge is 2.31. The van der Waals surface area contributed by atoms with E-state index in [4.69, 9.17) is 0 Å². The van der Waals surface area contributed by atoms with Crippen molar-refractivity contribution in [2.24, 2.45) is 0 Å². The van der Waals surface area contributed by atoms with Crippen LogP contribution in [-0.2, 0) is 16.0 Å². The van der Waals surface area contributed by atoms with Crippen LogP contribution in [0.15, 0.2) is 43.0 Å². The number of amides is 2. The third-order valence-corrected chi connectivity index (χ3v) is 3.17. The molecule has 0 bridgehead atoms. The minimum atomic E-state index is -0.450. The van der Waals surface area contributed by atoms with E-state index in [2.05, 4.69) is 11.9 Å². The third-order valence-electron chi connectivity index (χ3n) is 3.17. The van der Waals surface area contributed by atoms with E-state index in [9.17, 15) is 9.59 Å². The summed E-state index contributed by atoms with van der Waals surface area (Å²) in [6.45, 7) is 4.34. The van der Waals surface area contributed by atoms with Gasteiger partial charge in [0.1, 0.15) is 6.04 Å². The van der Waals surface area contributed by atoms with Crippen LogP contribution in [0.3, 0.4) is 0 Å². The molecule has 0 spiro atoms. The Labute approximate surface area is 113 Å². The molecule has 1 N–H and O–H groups in total. The number of nitrogens with one attached hydrogen (secondary N) is 1. The zero-order chi connectivity index (χ0) is 13.7. The number of rotatable bonds is 5. The van der Waals surface area contributed by atoms with Crippen LogP contribution in [0.4, 0.5) is 0 Å². The summed E-state index contributed by atoms with van der Waals surface area (Å²) in [4.78, 5) is 25.5. The molecular formula is C15H18N2O2. The Morgan fingerprint density at radius 1 is 1.32 bits per heavy atom. The predicted octanol–water partition coefficient (Wildman–Crippen LogP) is 1.13. The molecule has 1 aromatic carbocycles. The summed E-state index contributed by atoms with van der Waals surface area (Å²) in [5.41, 5.74) is 1.05. The van der Waals surface area contributed by atoms with E-state index >= 15 is 0 Å². The van der Waals surface area contributed by atoms with Crippen molar-refractivity contribution in [2.45, 2.75) is 18.9 Å². The number of hydrogen-bond donors (Lipinski definition) is 1. The van der Waals surface area contributed by atoms with Gasteiger partial charge in [-0.15, -0.1) is 6.58 Å². The van der Waals surface area contributed by atoms with E-state index in [0.717, 1.165) is 5.56 Å². The van der Waals surface area contributed by atoms with Gasteiger partial charge in [-0.25, -0.2) is 0 Å². The fourth-order valence-corrected chi connectivity index (χ4v) is 2.20. The van der Waals surface area contributed by atoms with E-state index in [0.29, 0.717) is 19.4 Å². The lowest BCUT2D eigenvalue weighted by Crippen LogP contribution is -2.58. The average Bonchev–Trinajstić information content (AvgIpc) is 2.42. The molecule has 0 saturated carbocycles. The van der Waals surface area contributed by atoms with Crippen molar-refractivity contribution >= 4 is 11.8 Å². The van der Waals surface area contributed by atoms with Crippen molar-refractivity contribution in [3.63, 3.8) is 0 Å². The zero-order valence-electron chi connectivity index (χ0n) is 10.8. The molecular weight excluding hydrogens is 240 g/mol. The molecule has 1 atom stereocenters. The van der Waals surface area contributed by atoms with Gasteiger partial charge in [0.25, 0.3) is 0 Å². The Balaban J connectivity index is 2.04. The number of carbonyl (C=O) groups is 2. The summed E-state index contributed by atoms with van der Waals surface area (Å²) in [5.74, 6) is -0.102. The van der Waals surface area contributed by atoms with Gasteiger partial charge < -0.3 is 10.2 Å². The highest BCUT2D eigenvalue weighted by molar-refractivity contribution is 5.95. The van der Waals surface area contributed by atoms with Gasteiger partial charge in [-0.3, -0.25) is 9.59 Å². The zero-order valence-corrected chi connectivity index (χ0v) is 10.8. The third kappa shape index (κ3) is 3.44. The normalized spacial score (nSPS) is 19.2. The Morgan fingerprint density at radius 3 is 2.74 bits per heavy atom. The van der Waals surface area contributed by atoms with Crippen molar-refractivity contribution < 1.29 is 9.59 Å². The van der Waals surface area contributed by atoms with Gasteiger partial charge in [-0.2, -0.15) is 0 Å². The summed E-state index contributed by atoms with van der Waals surface area (Å²) in [5, 5.41) is 2.77. The molecule has 1 aliphatic rings. The van der Waals surface area contributed by atoms with Crippen molar-refractivity contribution in [1.29, 1.82) is 0 Å². The Hall–Kier alpha value is -2.10. The van der Waals surface area contributed by atoms with E-state index in [1.54, 1.807) is 11.0 Å². The molecule has 1 saturated heterocycles. The molecule has 1 aromatic rings. The van der Waals surface area contributed by atoms with Crippen LogP contribution in [0.1, 0.15) is 12.0 Å². The molecule has 100 valence electrons. The average molecular weight is 258 g/mol. The van der Waals surface area contributed by atoms with Crippen LogP contribution < -0.4 is 5.32 Å². The Kier molecular flexibility index (Phi) is 4.34.